The van der Waals surface area contributed by atoms with Crippen LogP contribution in [0.4, 0.5) is 18.0 Å². The Hall–Kier alpha value is -3.03. The number of carboxylic acids is 1. The van der Waals surface area contributed by atoms with Crippen LogP contribution in [0.1, 0.15) is 29.9 Å². The lowest BCUT2D eigenvalue weighted by molar-refractivity contribution is -0.205. The molecule has 158 valence electrons. The van der Waals surface area contributed by atoms with Crippen LogP contribution in [0, 0.1) is 5.92 Å². The summed E-state index contributed by atoms with van der Waals surface area (Å²) >= 11 is 0. The number of ether oxygens (including phenoxy) is 1. The van der Waals surface area contributed by atoms with E-state index in [9.17, 15) is 27.9 Å². The molecule has 1 amide bonds. The van der Waals surface area contributed by atoms with E-state index < -0.39 is 30.2 Å². The molecule has 1 fully saturated rings. The van der Waals surface area contributed by atoms with Crippen LogP contribution in [0.25, 0.3) is 11.1 Å². The maximum Gasteiger partial charge on any atom is 0.410 e. The fourth-order valence-electron chi connectivity index (χ4n) is 4.53. The van der Waals surface area contributed by atoms with E-state index in [1.165, 1.54) is 0 Å². The molecular weight excluding hydrogens is 399 g/mol. The Morgan fingerprint density at radius 2 is 1.60 bits per heavy atom. The molecule has 2 aromatic rings. The number of hydrogen-bond acceptors (Lipinski definition) is 3. The molecule has 1 saturated heterocycles. The number of rotatable bonds is 3. The van der Waals surface area contributed by atoms with Crippen molar-refractivity contribution >= 4 is 12.1 Å². The lowest BCUT2D eigenvalue weighted by Crippen LogP contribution is -2.56. The predicted molar refractivity (Wildman–Crippen MR) is 102 cm³/mol. The van der Waals surface area contributed by atoms with E-state index in [-0.39, 0.29) is 31.9 Å². The number of piperidine rings is 1. The smallest absolute Gasteiger partial charge is 0.410 e. The molecule has 0 radical (unpaired) electrons. The highest BCUT2D eigenvalue weighted by Crippen LogP contribution is 2.45. The van der Waals surface area contributed by atoms with E-state index in [4.69, 9.17) is 4.74 Å². The molecule has 4 rings (SSSR count). The normalized spacial score (nSPS) is 21.1. The number of fused-ring (bicyclic) bond motifs is 3. The van der Waals surface area contributed by atoms with Crippen molar-refractivity contribution in [2.24, 2.45) is 5.92 Å². The minimum Gasteiger partial charge on any atom is -0.480 e. The molecule has 2 atom stereocenters. The quantitative estimate of drug-likeness (QED) is 0.786. The van der Waals surface area contributed by atoms with Crippen LogP contribution in [0.3, 0.4) is 0 Å². The molecule has 1 aliphatic heterocycles. The number of carboxylic acid groups (broad SMARTS) is 1. The fourth-order valence-corrected chi connectivity index (χ4v) is 4.53. The monoisotopic (exact) mass is 419 g/mol. The summed E-state index contributed by atoms with van der Waals surface area (Å²) in [5.74, 6) is -4.04. The molecule has 0 aromatic heterocycles. The van der Waals surface area contributed by atoms with Gasteiger partial charge >= 0.3 is 18.2 Å². The second-order valence-electron chi connectivity index (χ2n) is 7.57. The van der Waals surface area contributed by atoms with Crippen LogP contribution in [0.15, 0.2) is 48.5 Å². The molecule has 1 aliphatic carbocycles. The maximum absolute atomic E-state index is 13.3. The Balaban J connectivity index is 1.54. The lowest BCUT2D eigenvalue weighted by Gasteiger charge is -2.38. The first-order chi connectivity index (χ1) is 14.3. The van der Waals surface area contributed by atoms with Gasteiger partial charge in [-0.25, -0.2) is 9.59 Å². The van der Waals surface area contributed by atoms with E-state index in [1.807, 2.05) is 48.5 Å². The molecule has 0 saturated carbocycles. The van der Waals surface area contributed by atoms with Gasteiger partial charge in [0.15, 0.2) is 0 Å². The summed E-state index contributed by atoms with van der Waals surface area (Å²) in [6.45, 7) is -0.160. The molecule has 30 heavy (non-hydrogen) atoms. The van der Waals surface area contributed by atoms with Gasteiger partial charge in [-0.05, 0) is 35.1 Å². The molecule has 8 heteroatoms. The van der Waals surface area contributed by atoms with E-state index in [0.29, 0.717) is 4.90 Å². The maximum atomic E-state index is 13.3. The lowest BCUT2D eigenvalue weighted by atomic mass is 9.89. The van der Waals surface area contributed by atoms with E-state index in [1.54, 1.807) is 0 Å². The van der Waals surface area contributed by atoms with Crippen LogP contribution in [0.2, 0.25) is 0 Å². The topological polar surface area (TPSA) is 66.8 Å². The number of aliphatic carboxylic acids is 1. The molecular formula is C22H20F3NO4. The summed E-state index contributed by atoms with van der Waals surface area (Å²) < 4.78 is 45.3. The van der Waals surface area contributed by atoms with Crippen LogP contribution in [0.5, 0.6) is 0 Å². The fraction of sp³-hybridized carbons (Fsp3) is 0.364. The van der Waals surface area contributed by atoms with Crippen LogP contribution in [-0.2, 0) is 9.53 Å². The van der Waals surface area contributed by atoms with Crippen molar-refractivity contribution in [1.29, 1.82) is 0 Å². The van der Waals surface area contributed by atoms with Crippen molar-refractivity contribution in [1.82, 2.24) is 4.90 Å². The van der Waals surface area contributed by atoms with Gasteiger partial charge in [0, 0.05) is 12.5 Å². The summed E-state index contributed by atoms with van der Waals surface area (Å²) in [7, 11) is 0. The van der Waals surface area contributed by atoms with Crippen molar-refractivity contribution in [3.05, 3.63) is 59.7 Å². The zero-order valence-electron chi connectivity index (χ0n) is 15.9. The minimum absolute atomic E-state index is 0.0676. The molecule has 0 bridgehead atoms. The number of halogens is 3. The van der Waals surface area contributed by atoms with E-state index in [2.05, 4.69) is 0 Å². The highest BCUT2D eigenvalue weighted by Gasteiger charge is 2.53. The SMILES string of the molecule is O=C(O)[C@H]1[C@H](C(F)(F)F)CCCN1C(=O)OCC1c2ccccc2-c2ccccc21. The number of hydrogen-bond donors (Lipinski definition) is 1. The number of amides is 1. The third-order valence-corrected chi connectivity index (χ3v) is 5.88. The van der Waals surface area contributed by atoms with Gasteiger partial charge < -0.3 is 9.84 Å². The predicted octanol–water partition coefficient (Wildman–Crippen LogP) is 4.66. The Kier molecular flexibility index (Phi) is 5.17. The second-order valence-corrected chi connectivity index (χ2v) is 7.57. The van der Waals surface area contributed by atoms with Crippen LogP contribution >= 0.6 is 0 Å². The molecule has 0 unspecified atom stereocenters. The van der Waals surface area contributed by atoms with Crippen molar-refractivity contribution in [2.45, 2.75) is 31.0 Å². The Labute approximate surface area is 171 Å². The number of benzene rings is 2. The average Bonchev–Trinajstić information content (AvgIpc) is 3.04. The highest BCUT2D eigenvalue weighted by atomic mass is 19.4. The average molecular weight is 419 g/mol. The molecule has 5 nitrogen and oxygen atoms in total. The number of nitrogens with zero attached hydrogens (tertiary/aromatic N) is 1. The van der Waals surface area contributed by atoms with Crippen molar-refractivity contribution in [3.8, 4) is 11.1 Å². The molecule has 1 N–H and O–H groups in total. The van der Waals surface area contributed by atoms with Crippen molar-refractivity contribution in [2.75, 3.05) is 13.2 Å². The van der Waals surface area contributed by atoms with E-state index >= 15 is 0 Å². The van der Waals surface area contributed by atoms with Gasteiger partial charge in [0.1, 0.15) is 12.6 Å². The standard InChI is InChI=1S/C22H20F3NO4/c23-22(24,25)18-10-5-11-26(19(18)20(27)28)21(29)30-12-17-15-8-3-1-6-13(15)14-7-2-4-9-16(14)17/h1-4,6-9,17-19H,5,10-12H2,(H,27,28)/t18-,19-/m1/s1. The Morgan fingerprint density at radius 1 is 1.03 bits per heavy atom. The van der Waals surface area contributed by atoms with E-state index in [0.717, 1.165) is 22.3 Å². The van der Waals surface area contributed by atoms with Gasteiger partial charge in [0.25, 0.3) is 0 Å². The summed E-state index contributed by atoms with van der Waals surface area (Å²) in [5.41, 5.74) is 3.97. The van der Waals surface area contributed by atoms with Gasteiger partial charge in [0.2, 0.25) is 0 Å². The molecule has 2 aliphatic rings. The highest BCUT2D eigenvalue weighted by molar-refractivity contribution is 5.81. The summed E-state index contributed by atoms with van der Waals surface area (Å²) in [4.78, 5) is 24.9. The number of carbonyl (C=O) groups excluding carboxylic acids is 1. The first-order valence-electron chi connectivity index (χ1n) is 9.70. The summed E-state index contributed by atoms with van der Waals surface area (Å²) in [5, 5.41) is 9.38. The van der Waals surface area contributed by atoms with Gasteiger partial charge in [-0.15, -0.1) is 0 Å². The Morgan fingerprint density at radius 3 is 2.13 bits per heavy atom. The molecule has 2 aromatic carbocycles. The second kappa shape index (κ2) is 7.66. The van der Waals surface area contributed by atoms with Crippen molar-refractivity contribution in [3.63, 3.8) is 0 Å². The van der Waals surface area contributed by atoms with Crippen LogP contribution < -0.4 is 0 Å². The molecule has 1 heterocycles. The van der Waals surface area contributed by atoms with Gasteiger partial charge in [-0.3, -0.25) is 4.90 Å². The van der Waals surface area contributed by atoms with Crippen molar-refractivity contribution < 1.29 is 32.6 Å². The minimum atomic E-state index is -4.70. The van der Waals surface area contributed by atoms with Crippen LogP contribution in [-0.4, -0.2) is 47.4 Å². The number of likely N-dealkylation sites (tertiary alicyclic amines) is 1. The largest absolute Gasteiger partial charge is 0.480 e. The zero-order valence-corrected chi connectivity index (χ0v) is 15.9. The van der Waals surface area contributed by atoms with Gasteiger partial charge in [0.05, 0.1) is 5.92 Å². The third-order valence-electron chi connectivity index (χ3n) is 5.88. The third kappa shape index (κ3) is 3.51. The van der Waals surface area contributed by atoms with Gasteiger partial charge in [-0.1, -0.05) is 48.5 Å². The summed E-state index contributed by atoms with van der Waals surface area (Å²) in [6.07, 6.45) is -5.99. The Bertz CT molecular complexity index is 929. The van der Waals surface area contributed by atoms with Gasteiger partial charge in [-0.2, -0.15) is 13.2 Å². The first kappa shape index (κ1) is 20.3. The zero-order chi connectivity index (χ0) is 21.5. The first-order valence-corrected chi connectivity index (χ1v) is 9.70. The number of carbonyl (C=O) groups is 2. The summed E-state index contributed by atoms with van der Waals surface area (Å²) in [6, 6.07) is 13.4. The number of alkyl halides is 3. The molecule has 0 spiro atoms.